The first-order valence-corrected chi connectivity index (χ1v) is 9.79. The Kier molecular flexibility index (Phi) is 5.03. The molecule has 146 valence electrons. The Hall–Kier alpha value is -3.07. The second-order valence-electron chi connectivity index (χ2n) is 6.07. The largest absolute Gasteiger partial charge is 0.454 e. The summed E-state index contributed by atoms with van der Waals surface area (Å²) in [6.45, 7) is 0. The van der Waals surface area contributed by atoms with Crippen molar-refractivity contribution >= 4 is 9.84 Å². The molecule has 3 aromatic rings. The summed E-state index contributed by atoms with van der Waals surface area (Å²) in [5, 5.41) is 0. The lowest BCUT2D eigenvalue weighted by atomic mass is 10.1. The lowest BCUT2D eigenvalue weighted by molar-refractivity contribution is 0.438. The van der Waals surface area contributed by atoms with E-state index in [1.54, 1.807) is 0 Å². The van der Waals surface area contributed by atoms with E-state index in [-0.39, 0.29) is 27.5 Å². The molecule has 28 heavy (non-hydrogen) atoms. The molecule has 3 rings (SSSR count). The number of hydrogen-bond donors (Lipinski definition) is 0. The van der Waals surface area contributed by atoms with E-state index >= 15 is 0 Å². The van der Waals surface area contributed by atoms with Crippen LogP contribution in [0.15, 0.2) is 58.4 Å². The monoisotopic (exact) mass is 409 g/mol. The first kappa shape index (κ1) is 19.7. The van der Waals surface area contributed by atoms with Gasteiger partial charge < -0.3 is 9.30 Å². The highest BCUT2D eigenvalue weighted by Crippen LogP contribution is 2.36. The molecule has 0 unspecified atom stereocenters. The minimum atomic E-state index is -3.65. The van der Waals surface area contributed by atoms with Gasteiger partial charge in [-0.25, -0.2) is 21.6 Å². The van der Waals surface area contributed by atoms with Gasteiger partial charge in [0.25, 0.3) is 5.56 Å². The van der Waals surface area contributed by atoms with E-state index in [1.165, 1.54) is 31.4 Å². The summed E-state index contributed by atoms with van der Waals surface area (Å²) >= 11 is 0. The van der Waals surface area contributed by atoms with Crippen molar-refractivity contribution in [1.82, 2.24) is 4.57 Å². The van der Waals surface area contributed by atoms with Crippen LogP contribution in [0.25, 0.3) is 11.1 Å². The van der Waals surface area contributed by atoms with Crippen molar-refractivity contribution in [3.8, 4) is 22.6 Å². The third-order valence-electron chi connectivity index (χ3n) is 3.99. The Morgan fingerprint density at radius 1 is 0.929 bits per heavy atom. The molecule has 0 aliphatic heterocycles. The molecule has 1 aromatic heterocycles. The first-order valence-electron chi connectivity index (χ1n) is 7.90. The quantitative estimate of drug-likeness (QED) is 0.660. The maximum absolute atomic E-state index is 14.6. The Labute approximate surface area is 158 Å². The van der Waals surface area contributed by atoms with E-state index in [0.29, 0.717) is 6.07 Å². The highest BCUT2D eigenvalue weighted by Gasteiger charge is 2.19. The zero-order valence-electron chi connectivity index (χ0n) is 14.7. The van der Waals surface area contributed by atoms with Gasteiger partial charge in [0.1, 0.15) is 11.6 Å². The molecule has 0 atom stereocenters. The van der Waals surface area contributed by atoms with E-state index in [9.17, 15) is 26.4 Å². The molecule has 0 amide bonds. The lowest BCUT2D eigenvalue weighted by Crippen LogP contribution is -2.20. The van der Waals surface area contributed by atoms with Gasteiger partial charge in [0.15, 0.2) is 27.2 Å². The number of benzene rings is 2. The molecule has 0 aliphatic rings. The van der Waals surface area contributed by atoms with Crippen LogP contribution in [0, 0.1) is 17.5 Å². The first-order chi connectivity index (χ1) is 13.1. The molecule has 2 aromatic carbocycles. The average molecular weight is 409 g/mol. The van der Waals surface area contributed by atoms with E-state index in [1.807, 2.05) is 0 Å². The number of halogens is 3. The molecule has 0 aliphatic carbocycles. The maximum Gasteiger partial charge on any atom is 0.286 e. The predicted octanol–water partition coefficient (Wildman–Crippen LogP) is 3.67. The summed E-state index contributed by atoms with van der Waals surface area (Å²) in [7, 11) is -2.30. The number of hydrogen-bond acceptors (Lipinski definition) is 4. The Balaban J connectivity index is 2.23. The van der Waals surface area contributed by atoms with Crippen LogP contribution in [0.2, 0.25) is 0 Å². The van der Waals surface area contributed by atoms with Crippen LogP contribution in [0.3, 0.4) is 0 Å². The van der Waals surface area contributed by atoms with Crippen molar-refractivity contribution in [1.29, 1.82) is 0 Å². The van der Waals surface area contributed by atoms with Gasteiger partial charge in [0.05, 0.1) is 4.90 Å². The fourth-order valence-corrected chi connectivity index (χ4v) is 3.17. The molecule has 1 heterocycles. The van der Waals surface area contributed by atoms with Gasteiger partial charge >= 0.3 is 0 Å². The summed E-state index contributed by atoms with van der Waals surface area (Å²) in [6, 6.07) is 7.44. The standard InChI is InChI=1S/C19H14F3NO4S/c1-23-8-7-13(18(22)19(23)24)14-10-12(28(2,25)26)4-6-16(14)27-17-5-3-11(20)9-15(17)21/h3-10H,1-2H3. The van der Waals surface area contributed by atoms with Crippen LogP contribution in [0.4, 0.5) is 13.2 Å². The van der Waals surface area contributed by atoms with Crippen molar-refractivity contribution in [2.24, 2.45) is 7.05 Å². The molecule has 0 spiro atoms. The molecular formula is C19H14F3NO4S. The minimum absolute atomic E-state index is 0.0677. The van der Waals surface area contributed by atoms with Gasteiger partial charge in [-0.05, 0) is 36.4 Å². The molecule has 0 fully saturated rings. The molecular weight excluding hydrogens is 395 g/mol. The number of nitrogens with zero attached hydrogens (tertiary/aromatic N) is 1. The number of sulfone groups is 1. The summed E-state index contributed by atoms with van der Waals surface area (Å²) in [6.07, 6.45) is 2.27. The smallest absolute Gasteiger partial charge is 0.286 e. The fourth-order valence-electron chi connectivity index (χ4n) is 2.52. The Morgan fingerprint density at radius 2 is 1.61 bits per heavy atom. The number of rotatable bonds is 4. The second-order valence-corrected chi connectivity index (χ2v) is 8.08. The van der Waals surface area contributed by atoms with Crippen LogP contribution in [0.5, 0.6) is 11.5 Å². The number of pyridine rings is 1. The van der Waals surface area contributed by atoms with Crippen molar-refractivity contribution < 1.29 is 26.3 Å². The van der Waals surface area contributed by atoms with Gasteiger partial charge in [-0.15, -0.1) is 0 Å². The number of aryl methyl sites for hydroxylation is 1. The summed E-state index contributed by atoms with van der Waals surface area (Å²) in [5.74, 6) is -3.39. The summed E-state index contributed by atoms with van der Waals surface area (Å²) in [5.41, 5.74) is -1.21. The van der Waals surface area contributed by atoms with Crippen LogP contribution in [-0.4, -0.2) is 19.2 Å². The van der Waals surface area contributed by atoms with Gasteiger partial charge in [0.2, 0.25) is 0 Å². The van der Waals surface area contributed by atoms with Crippen molar-refractivity contribution in [2.45, 2.75) is 4.90 Å². The molecule has 0 saturated heterocycles. The summed E-state index contributed by atoms with van der Waals surface area (Å²) < 4.78 is 71.8. The van der Waals surface area contributed by atoms with Gasteiger partial charge in [0, 0.05) is 36.7 Å². The topological polar surface area (TPSA) is 65.4 Å². The molecule has 0 saturated carbocycles. The van der Waals surface area contributed by atoms with E-state index in [0.717, 1.165) is 29.0 Å². The van der Waals surface area contributed by atoms with Gasteiger partial charge in [-0.3, -0.25) is 4.79 Å². The predicted molar refractivity (Wildman–Crippen MR) is 96.6 cm³/mol. The highest BCUT2D eigenvalue weighted by atomic mass is 32.2. The lowest BCUT2D eigenvalue weighted by Gasteiger charge is -2.14. The van der Waals surface area contributed by atoms with Crippen molar-refractivity contribution in [2.75, 3.05) is 6.26 Å². The van der Waals surface area contributed by atoms with E-state index in [4.69, 9.17) is 4.74 Å². The third-order valence-corrected chi connectivity index (χ3v) is 5.10. The Bertz CT molecular complexity index is 1240. The zero-order chi connectivity index (χ0) is 20.6. The number of ether oxygens (including phenoxy) is 1. The second kappa shape index (κ2) is 7.16. The van der Waals surface area contributed by atoms with Crippen LogP contribution < -0.4 is 10.3 Å². The molecule has 0 N–H and O–H groups in total. The van der Waals surface area contributed by atoms with E-state index < -0.39 is 32.8 Å². The molecule has 9 heteroatoms. The maximum atomic E-state index is 14.6. The highest BCUT2D eigenvalue weighted by molar-refractivity contribution is 7.90. The van der Waals surface area contributed by atoms with Gasteiger partial charge in [-0.1, -0.05) is 0 Å². The van der Waals surface area contributed by atoms with Crippen molar-refractivity contribution in [3.63, 3.8) is 0 Å². The average Bonchev–Trinajstić information content (AvgIpc) is 2.62. The summed E-state index contributed by atoms with van der Waals surface area (Å²) in [4.78, 5) is 11.8. The molecule has 5 nitrogen and oxygen atoms in total. The van der Waals surface area contributed by atoms with Crippen LogP contribution >= 0.6 is 0 Å². The van der Waals surface area contributed by atoms with Crippen LogP contribution in [0.1, 0.15) is 0 Å². The molecule has 0 radical (unpaired) electrons. The minimum Gasteiger partial charge on any atom is -0.454 e. The van der Waals surface area contributed by atoms with Gasteiger partial charge in [-0.2, -0.15) is 0 Å². The van der Waals surface area contributed by atoms with E-state index in [2.05, 4.69) is 0 Å². The SMILES string of the molecule is Cn1ccc(-c2cc(S(C)(=O)=O)ccc2Oc2ccc(F)cc2F)c(F)c1=O. The fraction of sp³-hybridized carbons (Fsp3) is 0.105. The number of aromatic nitrogens is 1. The Morgan fingerprint density at radius 3 is 2.25 bits per heavy atom. The van der Waals surface area contributed by atoms with Crippen LogP contribution in [-0.2, 0) is 16.9 Å². The van der Waals surface area contributed by atoms with Crippen molar-refractivity contribution in [3.05, 3.63) is 76.5 Å². The zero-order valence-corrected chi connectivity index (χ0v) is 15.6. The normalized spacial score (nSPS) is 11.5. The molecule has 0 bridgehead atoms. The third kappa shape index (κ3) is 3.79.